The number of hydrogen-bond acceptors (Lipinski definition) is 6. The number of amides is 3. The van der Waals surface area contributed by atoms with Crippen molar-refractivity contribution in [1.82, 2.24) is 10.2 Å². The zero-order chi connectivity index (χ0) is 18.6. The van der Waals surface area contributed by atoms with Gasteiger partial charge in [0.1, 0.15) is 18.7 Å². The van der Waals surface area contributed by atoms with E-state index < -0.39 is 34.7 Å². The molecule has 0 radical (unpaired) electrons. The predicted molar refractivity (Wildman–Crippen MR) is 87.6 cm³/mol. The lowest BCUT2D eigenvalue weighted by molar-refractivity contribution is -0.386. The number of rotatable bonds is 2. The number of benzene rings is 1. The minimum Gasteiger partial charge on any atom is -0.486 e. The van der Waals surface area contributed by atoms with Gasteiger partial charge in [-0.05, 0) is 25.3 Å². The molecule has 1 N–H and O–H groups in total. The second-order valence-corrected chi connectivity index (χ2v) is 7.03. The van der Waals surface area contributed by atoms with E-state index >= 15 is 0 Å². The third kappa shape index (κ3) is 2.50. The van der Waals surface area contributed by atoms with Crippen LogP contribution in [0.5, 0.6) is 5.75 Å². The van der Waals surface area contributed by atoms with Crippen molar-refractivity contribution in [3.63, 3.8) is 0 Å². The van der Waals surface area contributed by atoms with E-state index in [-0.39, 0.29) is 35.4 Å². The molecule has 0 saturated carbocycles. The molecule has 3 aliphatic heterocycles. The Labute approximate surface area is 152 Å². The topological polar surface area (TPSA) is 119 Å². The highest BCUT2D eigenvalue weighted by atomic mass is 35.5. The van der Waals surface area contributed by atoms with Crippen LogP contribution in [0.4, 0.5) is 5.69 Å². The van der Waals surface area contributed by atoms with E-state index in [1.807, 2.05) is 0 Å². The number of piperazine rings is 1. The smallest absolute Gasteiger partial charge is 0.312 e. The van der Waals surface area contributed by atoms with Crippen LogP contribution in [-0.4, -0.2) is 46.2 Å². The Morgan fingerprint density at radius 3 is 2.54 bits per heavy atom. The number of fused-ring (bicyclic) bond motifs is 3. The van der Waals surface area contributed by atoms with Gasteiger partial charge in [0.05, 0.1) is 10.8 Å². The maximum absolute atomic E-state index is 13.0. The van der Waals surface area contributed by atoms with Crippen LogP contribution in [0, 0.1) is 16.0 Å². The summed E-state index contributed by atoms with van der Waals surface area (Å²) in [7, 11) is 0. The molecule has 1 aromatic rings. The highest BCUT2D eigenvalue weighted by Gasteiger charge is 2.50. The molecule has 0 aromatic heterocycles. The van der Waals surface area contributed by atoms with E-state index in [1.165, 1.54) is 17.0 Å². The SMILES string of the molecule is O=C1NC(=O)C2CCC1N2C(=O)C1COc2c(cc(Cl)cc2[N+](=O)[O-])C1. The van der Waals surface area contributed by atoms with E-state index in [0.29, 0.717) is 18.4 Å². The molecule has 2 saturated heterocycles. The number of nitrogens with one attached hydrogen (secondary N) is 1. The van der Waals surface area contributed by atoms with Gasteiger partial charge >= 0.3 is 5.69 Å². The fraction of sp³-hybridized carbons (Fsp3) is 0.438. The minimum atomic E-state index is -0.653. The van der Waals surface area contributed by atoms with Gasteiger partial charge in [-0.3, -0.25) is 29.8 Å². The number of ether oxygens (including phenoxy) is 1. The van der Waals surface area contributed by atoms with Crippen LogP contribution in [0.1, 0.15) is 18.4 Å². The number of nitro benzene ring substituents is 1. The van der Waals surface area contributed by atoms with Gasteiger partial charge in [-0.25, -0.2) is 0 Å². The molecule has 4 rings (SSSR count). The molecule has 1 aromatic carbocycles. The normalized spacial score (nSPS) is 26.8. The van der Waals surface area contributed by atoms with Crippen molar-refractivity contribution in [2.45, 2.75) is 31.3 Å². The Kier molecular flexibility index (Phi) is 3.83. The van der Waals surface area contributed by atoms with Crippen molar-refractivity contribution >= 4 is 35.0 Å². The van der Waals surface area contributed by atoms with Gasteiger partial charge in [0.15, 0.2) is 0 Å². The van der Waals surface area contributed by atoms with Gasteiger partial charge in [-0.15, -0.1) is 0 Å². The number of halogens is 1. The minimum absolute atomic E-state index is 0.0555. The van der Waals surface area contributed by atoms with Gasteiger partial charge in [0.2, 0.25) is 23.5 Å². The van der Waals surface area contributed by atoms with Crippen LogP contribution in [0.15, 0.2) is 12.1 Å². The zero-order valence-corrected chi connectivity index (χ0v) is 14.2. The molecule has 3 heterocycles. The lowest BCUT2D eigenvalue weighted by Gasteiger charge is -2.36. The third-order valence-corrected chi connectivity index (χ3v) is 5.26. The first-order chi connectivity index (χ1) is 12.4. The van der Waals surface area contributed by atoms with Crippen LogP contribution in [-0.2, 0) is 20.8 Å². The summed E-state index contributed by atoms with van der Waals surface area (Å²) in [6, 6.07) is 1.43. The number of carbonyl (C=O) groups is 3. The molecular formula is C16H14ClN3O6. The summed E-state index contributed by atoms with van der Waals surface area (Å²) in [6.45, 7) is -0.0555. The van der Waals surface area contributed by atoms with Crippen molar-refractivity contribution < 1.29 is 24.0 Å². The molecule has 136 valence electrons. The number of hydrogen-bond donors (Lipinski definition) is 1. The van der Waals surface area contributed by atoms with E-state index in [4.69, 9.17) is 16.3 Å². The quantitative estimate of drug-likeness (QED) is 0.461. The summed E-state index contributed by atoms with van der Waals surface area (Å²) in [6.07, 6.45) is 1.08. The van der Waals surface area contributed by atoms with Gasteiger partial charge in [0, 0.05) is 16.7 Å². The molecule has 3 aliphatic rings. The number of imide groups is 1. The molecule has 9 nitrogen and oxygen atoms in total. The Balaban J connectivity index is 1.61. The van der Waals surface area contributed by atoms with Crippen molar-refractivity contribution in [2.75, 3.05) is 6.61 Å². The highest BCUT2D eigenvalue weighted by molar-refractivity contribution is 6.31. The Hall–Kier alpha value is -2.68. The molecule has 3 atom stereocenters. The Morgan fingerprint density at radius 1 is 1.27 bits per heavy atom. The maximum atomic E-state index is 13.0. The molecule has 3 unspecified atom stereocenters. The fourth-order valence-corrected chi connectivity index (χ4v) is 4.12. The van der Waals surface area contributed by atoms with Gasteiger partial charge < -0.3 is 9.64 Å². The predicted octanol–water partition coefficient (Wildman–Crippen LogP) is 0.815. The standard InChI is InChI=1S/C16H14ClN3O6/c17-9-4-7-3-8(6-26-13(7)12(5-9)20(24)25)16(23)19-10-1-2-11(19)15(22)18-14(10)21/h4-5,8,10-11H,1-3,6H2,(H,18,21,22). The van der Waals surface area contributed by atoms with E-state index in [1.54, 1.807) is 0 Å². The maximum Gasteiger partial charge on any atom is 0.312 e. The zero-order valence-electron chi connectivity index (χ0n) is 13.4. The largest absolute Gasteiger partial charge is 0.486 e. The molecule has 10 heteroatoms. The molecule has 2 fully saturated rings. The molecule has 26 heavy (non-hydrogen) atoms. The van der Waals surface area contributed by atoms with Gasteiger partial charge in [-0.2, -0.15) is 0 Å². The first-order valence-electron chi connectivity index (χ1n) is 8.13. The molecule has 3 amide bonds. The Morgan fingerprint density at radius 2 is 1.92 bits per heavy atom. The average Bonchev–Trinajstić information content (AvgIpc) is 2.98. The van der Waals surface area contributed by atoms with Crippen LogP contribution in [0.3, 0.4) is 0 Å². The van der Waals surface area contributed by atoms with Crippen LogP contribution < -0.4 is 10.1 Å². The summed E-state index contributed by atoms with van der Waals surface area (Å²) >= 11 is 5.94. The number of nitro groups is 1. The van der Waals surface area contributed by atoms with Crippen LogP contribution >= 0.6 is 11.6 Å². The van der Waals surface area contributed by atoms with Crippen molar-refractivity contribution in [3.8, 4) is 5.75 Å². The average molecular weight is 380 g/mol. The van der Waals surface area contributed by atoms with Crippen LogP contribution in [0.25, 0.3) is 0 Å². The molecule has 0 spiro atoms. The second kappa shape index (κ2) is 5.94. The summed E-state index contributed by atoms with van der Waals surface area (Å²) in [5.74, 6) is -1.81. The second-order valence-electron chi connectivity index (χ2n) is 6.59. The lowest BCUT2D eigenvalue weighted by atomic mass is 9.94. The summed E-state index contributed by atoms with van der Waals surface area (Å²) in [4.78, 5) is 48.8. The molecule has 0 aliphatic carbocycles. The first-order valence-corrected chi connectivity index (χ1v) is 8.51. The highest BCUT2D eigenvalue weighted by Crippen LogP contribution is 2.40. The van der Waals surface area contributed by atoms with E-state index in [0.717, 1.165) is 0 Å². The summed E-state index contributed by atoms with van der Waals surface area (Å²) in [5, 5.41) is 13.6. The van der Waals surface area contributed by atoms with Crippen molar-refractivity contribution in [1.29, 1.82) is 0 Å². The molecule has 2 bridgehead atoms. The first kappa shape index (κ1) is 16.8. The summed E-state index contributed by atoms with van der Waals surface area (Å²) < 4.78 is 5.51. The Bertz CT molecular complexity index is 835. The van der Waals surface area contributed by atoms with E-state index in [9.17, 15) is 24.5 Å². The number of carbonyl (C=O) groups excluding carboxylic acids is 3. The lowest BCUT2D eigenvalue weighted by Crippen LogP contribution is -2.62. The van der Waals surface area contributed by atoms with Crippen molar-refractivity contribution in [3.05, 3.63) is 32.8 Å². The van der Waals surface area contributed by atoms with Gasteiger partial charge in [-0.1, -0.05) is 11.6 Å². The summed E-state index contributed by atoms with van der Waals surface area (Å²) in [5.41, 5.74) is 0.222. The number of nitrogens with zero attached hydrogens (tertiary/aromatic N) is 2. The molecular weight excluding hydrogens is 366 g/mol. The van der Waals surface area contributed by atoms with E-state index in [2.05, 4.69) is 5.32 Å². The fourth-order valence-electron chi connectivity index (χ4n) is 3.89. The van der Waals surface area contributed by atoms with Gasteiger partial charge in [0.25, 0.3) is 0 Å². The van der Waals surface area contributed by atoms with Crippen molar-refractivity contribution in [2.24, 2.45) is 5.92 Å². The third-order valence-electron chi connectivity index (χ3n) is 5.04. The van der Waals surface area contributed by atoms with Crippen LogP contribution in [0.2, 0.25) is 5.02 Å². The monoisotopic (exact) mass is 379 g/mol.